The van der Waals surface area contributed by atoms with E-state index in [-0.39, 0.29) is 16.9 Å². The number of nitrogen functional groups attached to an aromatic ring is 1. The number of nitrogens with two attached hydrogens (primary N) is 1. The van der Waals surface area contributed by atoms with Crippen LogP contribution in [0.25, 0.3) is 0 Å². The molecule has 138 valence electrons. The summed E-state index contributed by atoms with van der Waals surface area (Å²) in [6.45, 7) is 4.15. The molecule has 0 aliphatic carbocycles. The zero-order chi connectivity index (χ0) is 18.9. The van der Waals surface area contributed by atoms with Crippen LogP contribution in [0.2, 0.25) is 0 Å². The second-order valence-electron chi connectivity index (χ2n) is 5.92. The van der Waals surface area contributed by atoms with Crippen molar-refractivity contribution in [2.45, 2.75) is 33.1 Å². The first-order valence-corrected chi connectivity index (χ1v) is 8.59. The van der Waals surface area contributed by atoms with E-state index in [0.717, 1.165) is 19.3 Å². The highest BCUT2D eigenvalue weighted by molar-refractivity contribution is 6.07. The van der Waals surface area contributed by atoms with Gasteiger partial charge in [0.1, 0.15) is 11.6 Å². The molecule has 0 aliphatic heterocycles. The highest BCUT2D eigenvalue weighted by Gasteiger charge is 2.14. The summed E-state index contributed by atoms with van der Waals surface area (Å²) >= 11 is 0. The molecule has 0 spiro atoms. The number of hydrogen-bond donors (Lipinski definition) is 2. The second-order valence-corrected chi connectivity index (χ2v) is 5.92. The van der Waals surface area contributed by atoms with Gasteiger partial charge in [0.05, 0.1) is 12.2 Å². The van der Waals surface area contributed by atoms with Crippen molar-refractivity contribution in [3.63, 3.8) is 0 Å². The van der Waals surface area contributed by atoms with Crippen LogP contribution in [-0.2, 0) is 0 Å². The molecule has 2 rings (SSSR count). The summed E-state index contributed by atoms with van der Waals surface area (Å²) in [6, 6.07) is 8.50. The normalized spacial score (nSPS) is 10.9. The van der Waals surface area contributed by atoms with Gasteiger partial charge in [0, 0.05) is 17.3 Å². The van der Waals surface area contributed by atoms with Gasteiger partial charge in [0.25, 0.3) is 5.91 Å². The molecule has 0 saturated carbocycles. The third kappa shape index (κ3) is 5.58. The molecular formula is C20H24FN3O2. The van der Waals surface area contributed by atoms with Gasteiger partial charge in [-0.1, -0.05) is 18.2 Å². The van der Waals surface area contributed by atoms with Crippen molar-refractivity contribution in [1.29, 1.82) is 0 Å². The number of benzene rings is 1. The van der Waals surface area contributed by atoms with E-state index in [1.807, 2.05) is 19.1 Å². The minimum atomic E-state index is -0.677. The van der Waals surface area contributed by atoms with Crippen molar-refractivity contribution in [3.8, 4) is 5.75 Å². The lowest BCUT2D eigenvalue weighted by Crippen LogP contribution is -2.16. The van der Waals surface area contributed by atoms with Gasteiger partial charge in [-0.05, 0) is 51.3 Å². The molecule has 5 nitrogen and oxygen atoms in total. The first-order chi connectivity index (χ1) is 12.5. The Hall–Kier alpha value is -2.89. The molecule has 1 heterocycles. The van der Waals surface area contributed by atoms with E-state index in [9.17, 15) is 9.18 Å². The first-order valence-electron chi connectivity index (χ1n) is 8.59. The van der Waals surface area contributed by atoms with Gasteiger partial charge in [-0.25, -0.2) is 4.98 Å². The monoisotopic (exact) mass is 357 g/mol. The molecule has 0 unspecified atom stereocenters. The Kier molecular flexibility index (Phi) is 7.14. The average molecular weight is 357 g/mol. The minimum Gasteiger partial charge on any atom is -0.494 e. The van der Waals surface area contributed by atoms with E-state index >= 15 is 0 Å². The average Bonchev–Trinajstić information content (AvgIpc) is 2.61. The number of pyridine rings is 1. The number of nitrogens with one attached hydrogen (secondary N) is 1. The number of ether oxygens (including phenoxy) is 1. The van der Waals surface area contributed by atoms with Crippen molar-refractivity contribution in [1.82, 2.24) is 4.98 Å². The maximum Gasteiger partial charge on any atom is 0.259 e. The zero-order valence-electron chi connectivity index (χ0n) is 15.1. The molecule has 1 aromatic carbocycles. The van der Waals surface area contributed by atoms with E-state index < -0.39 is 11.9 Å². The van der Waals surface area contributed by atoms with Crippen LogP contribution >= 0.6 is 0 Å². The summed E-state index contributed by atoms with van der Waals surface area (Å²) in [4.78, 5) is 15.9. The molecule has 2 aromatic rings. The number of carbonyl (C=O) groups is 1. The second kappa shape index (κ2) is 9.56. The highest BCUT2D eigenvalue weighted by Crippen LogP contribution is 2.20. The fourth-order valence-corrected chi connectivity index (χ4v) is 2.37. The molecule has 26 heavy (non-hydrogen) atoms. The van der Waals surface area contributed by atoms with Crippen LogP contribution in [0.3, 0.4) is 0 Å². The van der Waals surface area contributed by atoms with Gasteiger partial charge >= 0.3 is 0 Å². The number of amides is 1. The SMILES string of the molecule is CC=CCCCCOc1cccc(NC(=O)c2cc(C)c(F)nc2N)c1. The number of carbonyl (C=O) groups excluding carboxylic acids is 1. The number of halogens is 1. The van der Waals surface area contributed by atoms with Gasteiger partial charge in [-0.15, -0.1) is 0 Å². The Labute approximate surface area is 153 Å². The Balaban J connectivity index is 1.95. The smallest absolute Gasteiger partial charge is 0.259 e. The Bertz CT molecular complexity index is 791. The van der Waals surface area contributed by atoms with E-state index in [1.165, 1.54) is 13.0 Å². The largest absolute Gasteiger partial charge is 0.494 e. The van der Waals surface area contributed by atoms with Crippen molar-refractivity contribution < 1.29 is 13.9 Å². The van der Waals surface area contributed by atoms with Crippen LogP contribution in [0.15, 0.2) is 42.5 Å². The summed E-state index contributed by atoms with van der Waals surface area (Å²) in [5.41, 5.74) is 6.62. The molecule has 0 saturated heterocycles. The van der Waals surface area contributed by atoms with Crippen LogP contribution in [0.4, 0.5) is 15.9 Å². The minimum absolute atomic E-state index is 0.138. The number of allylic oxidation sites excluding steroid dienone is 2. The summed E-state index contributed by atoms with van der Waals surface area (Å²) < 4.78 is 19.1. The van der Waals surface area contributed by atoms with Crippen LogP contribution in [0.5, 0.6) is 5.75 Å². The van der Waals surface area contributed by atoms with E-state index in [1.54, 1.807) is 18.2 Å². The predicted molar refractivity (Wildman–Crippen MR) is 102 cm³/mol. The van der Waals surface area contributed by atoms with Crippen molar-refractivity contribution in [3.05, 3.63) is 59.6 Å². The third-order valence-corrected chi connectivity index (χ3v) is 3.79. The number of rotatable bonds is 8. The maximum absolute atomic E-state index is 13.4. The molecule has 0 fully saturated rings. The lowest BCUT2D eigenvalue weighted by atomic mass is 10.1. The number of unbranched alkanes of at least 4 members (excludes halogenated alkanes) is 2. The molecular weight excluding hydrogens is 333 g/mol. The Morgan fingerprint density at radius 3 is 2.92 bits per heavy atom. The molecule has 3 N–H and O–H groups in total. The predicted octanol–water partition coefficient (Wildman–Crippen LogP) is 4.49. The fraction of sp³-hybridized carbons (Fsp3) is 0.300. The fourth-order valence-electron chi connectivity index (χ4n) is 2.37. The zero-order valence-corrected chi connectivity index (χ0v) is 15.1. The standard InChI is InChI=1S/C20H24FN3O2/c1-3-4-5-6-7-11-26-16-10-8-9-15(13-16)23-20(25)17-12-14(2)18(21)24-19(17)22/h3-4,8-10,12-13H,5-7,11H2,1-2H3,(H2,22,24)(H,23,25). The molecule has 0 bridgehead atoms. The summed E-state index contributed by atoms with van der Waals surface area (Å²) in [6.07, 6.45) is 7.24. The molecule has 0 atom stereocenters. The van der Waals surface area contributed by atoms with E-state index in [4.69, 9.17) is 10.5 Å². The van der Waals surface area contributed by atoms with Crippen molar-refractivity contribution >= 4 is 17.4 Å². The van der Waals surface area contributed by atoms with Crippen molar-refractivity contribution in [2.24, 2.45) is 0 Å². The maximum atomic E-state index is 13.4. The van der Waals surface area contributed by atoms with Gasteiger partial charge < -0.3 is 15.8 Å². The molecule has 6 heteroatoms. The van der Waals surface area contributed by atoms with Gasteiger partial charge in [-0.3, -0.25) is 4.79 Å². The van der Waals surface area contributed by atoms with Crippen LogP contribution in [-0.4, -0.2) is 17.5 Å². The van der Waals surface area contributed by atoms with E-state index in [2.05, 4.69) is 16.4 Å². The lowest BCUT2D eigenvalue weighted by molar-refractivity contribution is 0.102. The number of aromatic nitrogens is 1. The van der Waals surface area contributed by atoms with Crippen LogP contribution < -0.4 is 15.8 Å². The highest BCUT2D eigenvalue weighted by atomic mass is 19.1. The summed E-state index contributed by atoms with van der Waals surface area (Å²) in [5, 5.41) is 2.73. The molecule has 1 aromatic heterocycles. The third-order valence-electron chi connectivity index (χ3n) is 3.79. The van der Waals surface area contributed by atoms with Gasteiger partial charge in [0.15, 0.2) is 0 Å². The lowest BCUT2D eigenvalue weighted by Gasteiger charge is -2.10. The Morgan fingerprint density at radius 1 is 1.35 bits per heavy atom. The number of anilines is 2. The van der Waals surface area contributed by atoms with E-state index in [0.29, 0.717) is 18.0 Å². The van der Waals surface area contributed by atoms with Crippen molar-refractivity contribution in [2.75, 3.05) is 17.7 Å². The quantitative estimate of drug-likeness (QED) is 0.415. The molecule has 0 aliphatic rings. The van der Waals surface area contributed by atoms with Crippen LogP contribution in [0, 0.1) is 12.9 Å². The summed E-state index contributed by atoms with van der Waals surface area (Å²) in [7, 11) is 0. The van der Waals surface area contributed by atoms with Gasteiger partial charge in [0.2, 0.25) is 5.95 Å². The van der Waals surface area contributed by atoms with Gasteiger partial charge in [-0.2, -0.15) is 4.39 Å². The number of aryl methyl sites for hydroxylation is 1. The number of nitrogens with zero attached hydrogens (tertiary/aromatic N) is 1. The Morgan fingerprint density at radius 2 is 2.15 bits per heavy atom. The topological polar surface area (TPSA) is 77.2 Å². The molecule has 1 amide bonds. The molecule has 0 radical (unpaired) electrons. The summed E-state index contributed by atoms with van der Waals surface area (Å²) in [5.74, 6) is -0.583. The van der Waals surface area contributed by atoms with Crippen LogP contribution in [0.1, 0.15) is 42.1 Å². The first kappa shape index (κ1) is 19.4. The number of hydrogen-bond acceptors (Lipinski definition) is 4.